The summed E-state index contributed by atoms with van der Waals surface area (Å²) < 4.78 is 26.9. The first kappa shape index (κ1) is 12.4. The number of rotatable bonds is 1. The van der Waals surface area contributed by atoms with Gasteiger partial charge in [-0.2, -0.15) is 0 Å². The molecule has 0 saturated carbocycles. The van der Waals surface area contributed by atoms with Gasteiger partial charge in [-0.1, -0.05) is 12.1 Å². The van der Waals surface area contributed by atoms with Crippen LogP contribution in [0.2, 0.25) is 0 Å². The first-order valence-corrected chi connectivity index (χ1v) is 5.33. The molecule has 0 saturated heterocycles. The molecule has 1 atom stereocenters. The Hall–Kier alpha value is 0.350. The van der Waals surface area contributed by atoms with Crippen LogP contribution in [-0.4, -0.2) is 8.76 Å². The SMILES string of the molecule is O=S([O-])c1oc2ccccc2c1Br.[Na+]. The molecule has 0 aliphatic carbocycles. The molecule has 14 heavy (non-hydrogen) atoms. The van der Waals surface area contributed by atoms with Crippen LogP contribution in [0.5, 0.6) is 0 Å². The standard InChI is InChI=1S/C8H5BrO3S.Na/c9-7-5-3-1-2-4-6(5)12-8(7)13(10)11;/h1-4H,(H,10,11);/q;+1/p-1. The minimum atomic E-state index is -2.34. The van der Waals surface area contributed by atoms with Gasteiger partial charge in [-0.3, -0.25) is 4.21 Å². The Labute approximate surface area is 114 Å². The summed E-state index contributed by atoms with van der Waals surface area (Å²) >= 11 is 0.829. The number of halogens is 1. The molecule has 1 heterocycles. The molecule has 0 fully saturated rings. The summed E-state index contributed by atoms with van der Waals surface area (Å²) in [5.41, 5.74) is 0.563. The average molecular weight is 283 g/mol. The Morgan fingerprint density at radius 3 is 2.57 bits per heavy atom. The number of para-hydroxylation sites is 1. The van der Waals surface area contributed by atoms with Crippen molar-refractivity contribution in [3.63, 3.8) is 0 Å². The van der Waals surface area contributed by atoms with Crippen LogP contribution in [0.15, 0.2) is 38.2 Å². The van der Waals surface area contributed by atoms with E-state index in [1.807, 2.05) is 6.07 Å². The zero-order valence-corrected chi connectivity index (χ0v) is 11.7. The second-order valence-electron chi connectivity index (χ2n) is 2.43. The Balaban J connectivity index is 0.000000980. The number of hydrogen-bond acceptors (Lipinski definition) is 3. The van der Waals surface area contributed by atoms with E-state index in [9.17, 15) is 8.76 Å². The van der Waals surface area contributed by atoms with Crippen LogP contribution in [0.1, 0.15) is 0 Å². The Kier molecular flexibility index (Phi) is 4.36. The topological polar surface area (TPSA) is 53.3 Å². The minimum Gasteiger partial charge on any atom is -0.766 e. The number of benzene rings is 1. The number of fused-ring (bicyclic) bond motifs is 1. The van der Waals surface area contributed by atoms with Gasteiger partial charge in [0.2, 0.25) is 0 Å². The van der Waals surface area contributed by atoms with E-state index in [1.165, 1.54) is 0 Å². The van der Waals surface area contributed by atoms with Crippen LogP contribution >= 0.6 is 15.9 Å². The van der Waals surface area contributed by atoms with Crippen molar-refractivity contribution in [2.75, 3.05) is 0 Å². The summed E-state index contributed by atoms with van der Waals surface area (Å²) in [6.07, 6.45) is 0. The predicted molar refractivity (Wildman–Crippen MR) is 51.1 cm³/mol. The minimum absolute atomic E-state index is 0. The van der Waals surface area contributed by atoms with Crippen molar-refractivity contribution in [2.24, 2.45) is 0 Å². The molecule has 0 aliphatic heterocycles. The Bertz CT molecular complexity index is 482. The van der Waals surface area contributed by atoms with Crippen LogP contribution in [0.4, 0.5) is 0 Å². The molecule has 2 rings (SSSR count). The fourth-order valence-electron chi connectivity index (χ4n) is 1.10. The molecule has 1 unspecified atom stereocenters. The van der Waals surface area contributed by atoms with E-state index in [0.717, 1.165) is 5.39 Å². The third kappa shape index (κ3) is 2.13. The molecule has 0 spiro atoms. The monoisotopic (exact) mass is 282 g/mol. The van der Waals surface area contributed by atoms with Crippen LogP contribution < -0.4 is 29.6 Å². The van der Waals surface area contributed by atoms with E-state index >= 15 is 0 Å². The fourth-order valence-corrected chi connectivity index (χ4v) is 2.32. The first-order valence-electron chi connectivity index (χ1n) is 3.46. The predicted octanol–water partition coefficient (Wildman–Crippen LogP) is -0.563. The van der Waals surface area contributed by atoms with Crippen LogP contribution in [0.3, 0.4) is 0 Å². The van der Waals surface area contributed by atoms with Crippen LogP contribution in [0.25, 0.3) is 11.0 Å². The molecule has 1 aromatic carbocycles. The fraction of sp³-hybridized carbons (Fsp3) is 0. The molecule has 68 valence electrons. The largest absolute Gasteiger partial charge is 1.00 e. The molecule has 0 aliphatic rings. The van der Waals surface area contributed by atoms with E-state index in [2.05, 4.69) is 15.9 Å². The van der Waals surface area contributed by atoms with Crippen molar-refractivity contribution in [3.8, 4) is 0 Å². The summed E-state index contributed by atoms with van der Waals surface area (Å²) in [5, 5.41) is 0.711. The summed E-state index contributed by atoms with van der Waals surface area (Å²) in [4.78, 5) is 0. The number of hydrogen-bond donors (Lipinski definition) is 0. The van der Waals surface area contributed by atoms with Gasteiger partial charge >= 0.3 is 29.6 Å². The van der Waals surface area contributed by atoms with Crippen molar-refractivity contribution in [2.45, 2.75) is 5.09 Å². The van der Waals surface area contributed by atoms with Crippen molar-refractivity contribution in [1.29, 1.82) is 0 Å². The van der Waals surface area contributed by atoms with Gasteiger partial charge in [0.1, 0.15) is 5.58 Å². The maximum atomic E-state index is 10.7. The van der Waals surface area contributed by atoms with Gasteiger partial charge in [-0.25, -0.2) is 0 Å². The molecule has 2 aromatic rings. The molecule has 0 amide bonds. The molecule has 6 heteroatoms. The molecular weight excluding hydrogens is 279 g/mol. The third-order valence-electron chi connectivity index (χ3n) is 1.66. The summed E-state index contributed by atoms with van der Waals surface area (Å²) in [5.74, 6) is 0. The second kappa shape index (κ2) is 4.92. The quantitative estimate of drug-likeness (QED) is 0.520. The van der Waals surface area contributed by atoms with Gasteiger partial charge in [0.05, 0.1) is 4.47 Å². The molecule has 0 radical (unpaired) electrons. The molecule has 0 bridgehead atoms. The molecular formula is C8H4BrNaO3S. The van der Waals surface area contributed by atoms with E-state index < -0.39 is 11.1 Å². The third-order valence-corrected chi connectivity index (χ3v) is 3.30. The normalized spacial score (nSPS) is 12.4. The van der Waals surface area contributed by atoms with Crippen molar-refractivity contribution in [1.82, 2.24) is 0 Å². The summed E-state index contributed by atoms with van der Waals surface area (Å²) in [6.45, 7) is 0. The van der Waals surface area contributed by atoms with Gasteiger partial charge in [-0.15, -0.1) is 0 Å². The first-order chi connectivity index (χ1) is 6.20. The van der Waals surface area contributed by atoms with Crippen molar-refractivity contribution < 1.29 is 42.7 Å². The zero-order valence-electron chi connectivity index (χ0n) is 7.32. The average Bonchev–Trinajstić information content (AvgIpc) is 2.45. The molecule has 3 nitrogen and oxygen atoms in total. The Morgan fingerprint density at radius 2 is 2.00 bits per heavy atom. The molecule has 1 aromatic heterocycles. The van der Waals surface area contributed by atoms with Gasteiger partial charge < -0.3 is 8.97 Å². The maximum absolute atomic E-state index is 10.7. The van der Waals surface area contributed by atoms with Gasteiger partial charge in [0.25, 0.3) is 0 Å². The van der Waals surface area contributed by atoms with Gasteiger partial charge in [0, 0.05) is 16.5 Å². The molecule has 0 N–H and O–H groups in total. The van der Waals surface area contributed by atoms with E-state index in [0.29, 0.717) is 10.1 Å². The van der Waals surface area contributed by atoms with Gasteiger partial charge in [-0.05, 0) is 28.1 Å². The maximum Gasteiger partial charge on any atom is 1.00 e. The smallest absolute Gasteiger partial charge is 0.766 e. The summed E-state index contributed by atoms with van der Waals surface area (Å²) in [7, 11) is 0. The summed E-state index contributed by atoms with van der Waals surface area (Å²) in [6, 6.07) is 7.12. The van der Waals surface area contributed by atoms with Crippen molar-refractivity contribution >= 4 is 38.0 Å². The van der Waals surface area contributed by atoms with Crippen LogP contribution in [-0.2, 0) is 11.1 Å². The van der Waals surface area contributed by atoms with Crippen LogP contribution in [0, 0.1) is 0 Å². The van der Waals surface area contributed by atoms with E-state index in [-0.39, 0.29) is 34.6 Å². The van der Waals surface area contributed by atoms with Gasteiger partial charge in [0.15, 0.2) is 5.09 Å². The van der Waals surface area contributed by atoms with E-state index in [1.54, 1.807) is 18.2 Å². The Morgan fingerprint density at radius 1 is 1.36 bits per heavy atom. The second-order valence-corrected chi connectivity index (χ2v) is 4.07. The van der Waals surface area contributed by atoms with E-state index in [4.69, 9.17) is 4.42 Å². The van der Waals surface area contributed by atoms with Crippen molar-refractivity contribution in [3.05, 3.63) is 28.7 Å². The number of furan rings is 1. The zero-order chi connectivity index (χ0) is 9.42.